The van der Waals surface area contributed by atoms with E-state index in [1.807, 2.05) is 12.1 Å². The summed E-state index contributed by atoms with van der Waals surface area (Å²) in [5, 5.41) is 12.0. The van der Waals surface area contributed by atoms with Crippen LogP contribution in [-0.2, 0) is 27.4 Å². The second-order valence-electron chi connectivity index (χ2n) is 9.20. The van der Waals surface area contributed by atoms with Crippen LogP contribution in [0.25, 0.3) is 0 Å². The van der Waals surface area contributed by atoms with Gasteiger partial charge in [0, 0.05) is 13.6 Å². The van der Waals surface area contributed by atoms with Crippen molar-refractivity contribution in [2.75, 3.05) is 31.6 Å². The average molecular weight is 539 g/mol. The molecule has 1 atom stereocenters. The molecule has 1 aliphatic rings. The number of carbonyl (C=O) groups excluding carboxylic acids is 3. The van der Waals surface area contributed by atoms with Gasteiger partial charge in [0.15, 0.2) is 5.96 Å². The van der Waals surface area contributed by atoms with Gasteiger partial charge in [-0.1, -0.05) is 42.8 Å². The Hall–Kier alpha value is -4.61. The summed E-state index contributed by atoms with van der Waals surface area (Å²) in [5.74, 6) is -2.18. The maximum absolute atomic E-state index is 13.5. The molecular formula is C27H34N6O6. The van der Waals surface area contributed by atoms with E-state index in [1.165, 1.54) is 4.90 Å². The number of carbonyl (C=O) groups is 4. The number of nitrogens with two attached hydrogens (primary N) is 2. The number of guanidine groups is 1. The van der Waals surface area contributed by atoms with Gasteiger partial charge >= 0.3 is 12.1 Å². The van der Waals surface area contributed by atoms with Gasteiger partial charge in [-0.05, 0) is 42.5 Å². The highest BCUT2D eigenvalue weighted by Gasteiger charge is 2.33. The largest absolute Gasteiger partial charge is 0.480 e. The number of ether oxygens (including phenoxy) is 1. The predicted molar refractivity (Wildman–Crippen MR) is 145 cm³/mol. The molecule has 2 aromatic carbocycles. The Labute approximate surface area is 226 Å². The molecule has 208 valence electrons. The van der Waals surface area contributed by atoms with Crippen LogP contribution in [-0.4, -0.2) is 72.6 Å². The molecule has 0 aromatic heterocycles. The predicted octanol–water partition coefficient (Wildman–Crippen LogP) is 1.47. The van der Waals surface area contributed by atoms with Crippen molar-refractivity contribution in [3.8, 4) is 0 Å². The number of fused-ring (bicyclic) bond motifs is 1. The van der Waals surface area contributed by atoms with Crippen LogP contribution in [0.1, 0.15) is 40.7 Å². The van der Waals surface area contributed by atoms with Gasteiger partial charge in [-0.2, -0.15) is 0 Å². The highest BCUT2D eigenvalue weighted by molar-refractivity contribution is 6.09. The number of hydrogen-bond donors (Lipinski definition) is 4. The molecule has 0 aliphatic carbocycles. The molecule has 0 radical (unpaired) electrons. The molecule has 0 fully saturated rings. The van der Waals surface area contributed by atoms with Gasteiger partial charge in [0.05, 0.1) is 17.8 Å². The monoisotopic (exact) mass is 538 g/mol. The summed E-state index contributed by atoms with van der Waals surface area (Å²) in [6.45, 7) is -0.252. The highest BCUT2D eigenvalue weighted by atomic mass is 16.5. The van der Waals surface area contributed by atoms with E-state index < -0.39 is 30.6 Å². The van der Waals surface area contributed by atoms with Gasteiger partial charge in [-0.3, -0.25) is 14.6 Å². The molecular weight excluding hydrogens is 504 g/mol. The molecule has 1 unspecified atom stereocenters. The smallest absolute Gasteiger partial charge is 0.408 e. The van der Waals surface area contributed by atoms with Crippen molar-refractivity contribution in [1.29, 1.82) is 0 Å². The standard InChI is InChI=1S/C27H34N6O6/c1-32-22-12-11-18(8-6-3-7-13-30-26(28)29)14-20(22)24(35)33(16-23(32)34)15-21(25(36)37)31-27(38)39-17-19-9-4-2-5-10-19/h2,4-5,9-12,14,21H,3,6-8,13,15-17H2,1H3,(H,31,38)(H,36,37)(H4,28,29,30). The summed E-state index contributed by atoms with van der Waals surface area (Å²) < 4.78 is 5.12. The van der Waals surface area contributed by atoms with Crippen LogP contribution in [0.15, 0.2) is 53.5 Å². The van der Waals surface area contributed by atoms with Crippen LogP contribution in [0.4, 0.5) is 10.5 Å². The van der Waals surface area contributed by atoms with Crippen LogP contribution in [0.2, 0.25) is 0 Å². The fourth-order valence-corrected chi connectivity index (χ4v) is 4.13. The lowest BCUT2D eigenvalue weighted by Gasteiger charge is -2.24. The van der Waals surface area contributed by atoms with Crippen LogP contribution < -0.4 is 21.7 Å². The average Bonchev–Trinajstić information content (AvgIpc) is 2.99. The van der Waals surface area contributed by atoms with Crippen molar-refractivity contribution in [2.24, 2.45) is 16.5 Å². The van der Waals surface area contributed by atoms with Crippen molar-refractivity contribution in [3.05, 3.63) is 65.2 Å². The molecule has 0 bridgehead atoms. The fraction of sp³-hybridized carbons (Fsp3) is 0.370. The van der Waals surface area contributed by atoms with Crippen molar-refractivity contribution < 1.29 is 29.0 Å². The first-order valence-electron chi connectivity index (χ1n) is 12.6. The van der Waals surface area contributed by atoms with Crippen molar-refractivity contribution in [2.45, 2.75) is 38.3 Å². The third kappa shape index (κ3) is 8.45. The molecule has 2 aromatic rings. The van der Waals surface area contributed by atoms with Crippen LogP contribution >= 0.6 is 0 Å². The van der Waals surface area contributed by atoms with Gasteiger partial charge in [0.1, 0.15) is 19.2 Å². The summed E-state index contributed by atoms with van der Waals surface area (Å²) >= 11 is 0. The van der Waals surface area contributed by atoms with E-state index in [9.17, 15) is 24.3 Å². The van der Waals surface area contributed by atoms with E-state index in [2.05, 4.69) is 10.3 Å². The Morgan fingerprint density at radius 1 is 1.08 bits per heavy atom. The first-order valence-corrected chi connectivity index (χ1v) is 12.6. The topological polar surface area (TPSA) is 181 Å². The molecule has 12 nitrogen and oxygen atoms in total. The van der Waals surface area contributed by atoms with E-state index in [0.29, 0.717) is 18.7 Å². The maximum Gasteiger partial charge on any atom is 0.408 e. The summed E-state index contributed by atoms with van der Waals surface area (Å²) in [6, 6.07) is 12.7. The highest BCUT2D eigenvalue weighted by Crippen LogP contribution is 2.27. The van der Waals surface area contributed by atoms with Gasteiger partial charge in [0.25, 0.3) is 5.91 Å². The molecule has 3 rings (SSSR count). The molecule has 0 spiro atoms. The third-order valence-electron chi connectivity index (χ3n) is 6.26. The molecule has 0 saturated carbocycles. The molecule has 39 heavy (non-hydrogen) atoms. The number of aliphatic carboxylic acids is 1. The van der Waals surface area contributed by atoms with Crippen LogP contribution in [0.3, 0.4) is 0 Å². The molecule has 0 saturated heterocycles. The Morgan fingerprint density at radius 3 is 2.51 bits per heavy atom. The number of anilines is 1. The Morgan fingerprint density at radius 2 is 1.82 bits per heavy atom. The number of rotatable bonds is 12. The van der Waals surface area contributed by atoms with E-state index in [0.717, 1.165) is 35.3 Å². The summed E-state index contributed by atoms with van der Waals surface area (Å²) in [5.41, 5.74) is 13.0. The second kappa shape index (κ2) is 13.8. The van der Waals surface area contributed by atoms with Crippen molar-refractivity contribution in [3.63, 3.8) is 0 Å². The first kappa shape index (κ1) is 29.0. The normalized spacial score (nSPS) is 13.8. The minimum Gasteiger partial charge on any atom is -0.480 e. The first-order chi connectivity index (χ1) is 18.7. The summed E-state index contributed by atoms with van der Waals surface area (Å²) in [7, 11) is 1.56. The maximum atomic E-state index is 13.5. The second-order valence-corrected chi connectivity index (χ2v) is 9.20. The number of likely N-dealkylation sites (N-methyl/N-ethyl adjacent to an activating group) is 1. The zero-order valence-electron chi connectivity index (χ0n) is 21.8. The number of aryl methyl sites for hydroxylation is 1. The number of unbranched alkanes of at least 4 members (excludes halogenated alkanes) is 2. The van der Waals surface area contributed by atoms with Crippen LogP contribution in [0, 0.1) is 0 Å². The Kier molecular flexibility index (Phi) is 10.2. The zero-order valence-corrected chi connectivity index (χ0v) is 21.8. The van der Waals surface area contributed by atoms with E-state index >= 15 is 0 Å². The molecule has 6 N–H and O–H groups in total. The molecule has 1 heterocycles. The number of amides is 3. The lowest BCUT2D eigenvalue weighted by molar-refractivity contribution is -0.140. The van der Waals surface area contributed by atoms with Gasteiger partial charge in [-0.15, -0.1) is 0 Å². The lowest BCUT2D eigenvalue weighted by Crippen LogP contribution is -2.51. The van der Waals surface area contributed by atoms with Gasteiger partial charge < -0.3 is 36.4 Å². The number of hydrogen-bond acceptors (Lipinski definition) is 6. The number of aliphatic imine (C=N–C) groups is 1. The number of carboxylic acids is 1. The van der Waals surface area contributed by atoms with E-state index in [-0.39, 0.29) is 30.6 Å². The minimum atomic E-state index is -1.48. The van der Waals surface area contributed by atoms with E-state index in [1.54, 1.807) is 43.4 Å². The van der Waals surface area contributed by atoms with Crippen molar-refractivity contribution >= 4 is 35.5 Å². The molecule has 12 heteroatoms. The third-order valence-corrected chi connectivity index (χ3v) is 6.26. The van der Waals surface area contributed by atoms with Gasteiger partial charge in [-0.25, -0.2) is 9.59 Å². The summed E-state index contributed by atoms with van der Waals surface area (Å²) in [6.07, 6.45) is 2.32. The number of nitrogens with zero attached hydrogens (tertiary/aromatic N) is 3. The molecule has 1 aliphatic heterocycles. The molecule has 3 amide bonds. The van der Waals surface area contributed by atoms with E-state index in [4.69, 9.17) is 16.2 Å². The fourth-order valence-electron chi connectivity index (χ4n) is 4.13. The summed E-state index contributed by atoms with van der Waals surface area (Å²) in [4.78, 5) is 57.0. The number of benzene rings is 2. The minimum absolute atomic E-state index is 0.0463. The van der Waals surface area contributed by atoms with Crippen molar-refractivity contribution in [1.82, 2.24) is 10.2 Å². The number of carboxylic acid groups (broad SMARTS) is 1. The lowest BCUT2D eigenvalue weighted by atomic mass is 10.0. The Bertz CT molecular complexity index is 1210. The number of nitrogens with one attached hydrogen (secondary N) is 1. The number of alkyl carbamates (subject to hydrolysis) is 1. The Balaban J connectivity index is 1.67. The van der Waals surface area contributed by atoms with Gasteiger partial charge in [0.2, 0.25) is 5.91 Å². The zero-order chi connectivity index (χ0) is 28.4. The van der Waals surface area contributed by atoms with Crippen LogP contribution in [0.5, 0.6) is 0 Å². The SMILES string of the molecule is CN1C(=O)CN(CC(NC(=O)OCc2ccccc2)C(=O)O)C(=O)c2cc(CCCCCN=C(N)N)ccc21. The quantitative estimate of drug-likeness (QED) is 0.178.